The van der Waals surface area contributed by atoms with Crippen molar-refractivity contribution in [3.63, 3.8) is 0 Å². The molecular formula is C22H29NO3S. The maximum Gasteiger partial charge on any atom is 0.224 e. The van der Waals surface area contributed by atoms with Gasteiger partial charge in [0, 0.05) is 17.9 Å². The number of nitrogens with one attached hydrogen (secondary N) is 1. The van der Waals surface area contributed by atoms with Gasteiger partial charge in [-0.05, 0) is 68.3 Å². The van der Waals surface area contributed by atoms with Crippen molar-refractivity contribution in [2.45, 2.75) is 33.6 Å². The van der Waals surface area contributed by atoms with Crippen LogP contribution in [0.15, 0.2) is 42.5 Å². The number of carbonyl (C=O) groups excluding carboxylic acids is 1. The van der Waals surface area contributed by atoms with Crippen molar-refractivity contribution < 1.29 is 14.3 Å². The smallest absolute Gasteiger partial charge is 0.224 e. The van der Waals surface area contributed by atoms with Crippen LogP contribution in [-0.4, -0.2) is 30.6 Å². The quantitative estimate of drug-likeness (QED) is 0.536. The van der Waals surface area contributed by atoms with Crippen LogP contribution < -0.4 is 14.8 Å². The van der Waals surface area contributed by atoms with E-state index in [2.05, 4.69) is 5.32 Å². The third-order valence-electron chi connectivity index (χ3n) is 4.07. The van der Waals surface area contributed by atoms with Gasteiger partial charge < -0.3 is 14.8 Å². The predicted molar refractivity (Wildman–Crippen MR) is 114 cm³/mol. The van der Waals surface area contributed by atoms with E-state index in [1.54, 1.807) is 0 Å². The summed E-state index contributed by atoms with van der Waals surface area (Å²) in [6, 6.07) is 13.7. The summed E-state index contributed by atoms with van der Waals surface area (Å²) in [5.74, 6) is 3.66. The fourth-order valence-electron chi connectivity index (χ4n) is 2.67. The molecule has 2 aromatic carbocycles. The zero-order chi connectivity index (χ0) is 19.5. The molecule has 0 heterocycles. The minimum absolute atomic E-state index is 0.0821. The van der Waals surface area contributed by atoms with Gasteiger partial charge in [0.05, 0.1) is 13.2 Å². The third kappa shape index (κ3) is 7.55. The lowest BCUT2D eigenvalue weighted by Gasteiger charge is -2.11. The molecular weight excluding hydrogens is 358 g/mol. The van der Waals surface area contributed by atoms with Gasteiger partial charge in [-0.2, -0.15) is 11.8 Å². The average molecular weight is 388 g/mol. The first kappa shape index (κ1) is 21.2. The highest BCUT2D eigenvalue weighted by molar-refractivity contribution is 7.99. The number of rotatable bonds is 11. The number of para-hydroxylation sites is 1. The lowest BCUT2D eigenvalue weighted by atomic mass is 10.1. The first-order chi connectivity index (χ1) is 13.1. The molecule has 1 N–H and O–H groups in total. The maximum atomic E-state index is 12.1. The Morgan fingerprint density at radius 3 is 2.22 bits per heavy atom. The molecule has 0 atom stereocenters. The summed E-state index contributed by atoms with van der Waals surface area (Å²) in [6.45, 7) is 7.33. The standard InChI is InChI=1S/C22H29NO3S/c1-4-25-19-10-12-20(13-11-19)26-14-16-27-15-6-9-21(24)23-22-17(2)7-5-8-18(22)3/h5,7-8,10-13H,4,6,9,14-16H2,1-3H3,(H,23,24). The monoisotopic (exact) mass is 387 g/mol. The molecule has 1 amide bonds. The molecule has 0 aliphatic rings. The van der Waals surface area contributed by atoms with Gasteiger partial charge in [-0.1, -0.05) is 18.2 Å². The second-order valence-corrected chi connectivity index (χ2v) is 7.51. The van der Waals surface area contributed by atoms with Crippen molar-refractivity contribution in [3.05, 3.63) is 53.6 Å². The Morgan fingerprint density at radius 1 is 0.963 bits per heavy atom. The Morgan fingerprint density at radius 2 is 1.59 bits per heavy atom. The first-order valence-corrected chi connectivity index (χ1v) is 10.5. The minimum atomic E-state index is 0.0821. The van der Waals surface area contributed by atoms with Gasteiger partial charge in [0.15, 0.2) is 0 Å². The Bertz CT molecular complexity index is 696. The summed E-state index contributed by atoms with van der Waals surface area (Å²) in [4.78, 5) is 12.1. The van der Waals surface area contributed by atoms with Crippen molar-refractivity contribution >= 4 is 23.4 Å². The van der Waals surface area contributed by atoms with Crippen LogP contribution in [0.3, 0.4) is 0 Å². The minimum Gasteiger partial charge on any atom is -0.494 e. The number of hydrogen-bond donors (Lipinski definition) is 1. The highest BCUT2D eigenvalue weighted by Crippen LogP contribution is 2.20. The van der Waals surface area contributed by atoms with Crippen LogP contribution in [0.1, 0.15) is 30.9 Å². The number of hydrogen-bond acceptors (Lipinski definition) is 4. The Balaban J connectivity index is 1.56. The van der Waals surface area contributed by atoms with Gasteiger partial charge in [0.1, 0.15) is 11.5 Å². The van der Waals surface area contributed by atoms with Crippen molar-refractivity contribution in [3.8, 4) is 11.5 Å². The number of aryl methyl sites for hydroxylation is 2. The van der Waals surface area contributed by atoms with Gasteiger partial charge in [-0.25, -0.2) is 0 Å². The molecule has 4 nitrogen and oxygen atoms in total. The molecule has 0 aliphatic carbocycles. The molecule has 5 heteroatoms. The summed E-state index contributed by atoms with van der Waals surface area (Å²) in [5, 5.41) is 3.03. The molecule has 2 rings (SSSR count). The van der Waals surface area contributed by atoms with Crippen molar-refractivity contribution in [2.75, 3.05) is 30.0 Å². The fourth-order valence-corrected chi connectivity index (χ4v) is 3.42. The number of thioether (sulfide) groups is 1. The van der Waals surface area contributed by atoms with Gasteiger partial charge in [-0.15, -0.1) is 0 Å². The number of carbonyl (C=O) groups is 1. The highest BCUT2D eigenvalue weighted by atomic mass is 32.2. The summed E-state index contributed by atoms with van der Waals surface area (Å²) in [6.07, 6.45) is 1.41. The largest absolute Gasteiger partial charge is 0.494 e. The number of ether oxygens (including phenoxy) is 2. The summed E-state index contributed by atoms with van der Waals surface area (Å²) < 4.78 is 11.1. The van der Waals surface area contributed by atoms with Crippen molar-refractivity contribution in [1.82, 2.24) is 0 Å². The first-order valence-electron chi connectivity index (χ1n) is 9.39. The molecule has 0 fully saturated rings. The van der Waals surface area contributed by atoms with Gasteiger partial charge in [0.25, 0.3) is 0 Å². The molecule has 0 saturated carbocycles. The van der Waals surface area contributed by atoms with E-state index < -0.39 is 0 Å². The van der Waals surface area contributed by atoms with Crippen LogP contribution in [0, 0.1) is 13.8 Å². The Kier molecular flexibility index (Phi) is 9.05. The van der Waals surface area contributed by atoms with E-state index in [0.717, 1.165) is 46.2 Å². The van der Waals surface area contributed by atoms with Gasteiger partial charge in [-0.3, -0.25) is 4.79 Å². The van der Waals surface area contributed by atoms with Crippen LogP contribution in [0.2, 0.25) is 0 Å². The molecule has 0 saturated heterocycles. The van der Waals surface area contributed by atoms with E-state index in [1.165, 1.54) is 0 Å². The zero-order valence-electron chi connectivity index (χ0n) is 16.4. The summed E-state index contributed by atoms with van der Waals surface area (Å²) in [7, 11) is 0. The Hall–Kier alpha value is -2.14. The van der Waals surface area contributed by atoms with Crippen LogP contribution >= 0.6 is 11.8 Å². The lowest BCUT2D eigenvalue weighted by Crippen LogP contribution is -2.13. The van der Waals surface area contributed by atoms with E-state index in [1.807, 2.05) is 75.0 Å². The molecule has 0 aromatic heterocycles. The highest BCUT2D eigenvalue weighted by Gasteiger charge is 2.07. The molecule has 0 bridgehead atoms. The zero-order valence-corrected chi connectivity index (χ0v) is 17.2. The Labute approximate surface area is 166 Å². The van der Waals surface area contributed by atoms with Gasteiger partial charge >= 0.3 is 0 Å². The molecule has 0 aliphatic heterocycles. The normalized spacial score (nSPS) is 10.5. The maximum absolute atomic E-state index is 12.1. The van der Waals surface area contributed by atoms with Gasteiger partial charge in [0.2, 0.25) is 5.91 Å². The summed E-state index contributed by atoms with van der Waals surface area (Å²) >= 11 is 1.81. The van der Waals surface area contributed by atoms with E-state index in [9.17, 15) is 4.79 Å². The molecule has 0 radical (unpaired) electrons. The fraction of sp³-hybridized carbons (Fsp3) is 0.409. The second kappa shape index (κ2) is 11.5. The molecule has 27 heavy (non-hydrogen) atoms. The van der Waals surface area contributed by atoms with Crippen LogP contribution in [0.5, 0.6) is 11.5 Å². The molecule has 146 valence electrons. The molecule has 0 spiro atoms. The lowest BCUT2D eigenvalue weighted by molar-refractivity contribution is -0.116. The number of benzene rings is 2. The topological polar surface area (TPSA) is 47.6 Å². The van der Waals surface area contributed by atoms with Crippen molar-refractivity contribution in [2.24, 2.45) is 0 Å². The van der Waals surface area contributed by atoms with Crippen LogP contribution in [-0.2, 0) is 4.79 Å². The van der Waals surface area contributed by atoms with E-state index in [0.29, 0.717) is 19.6 Å². The predicted octanol–water partition coefficient (Wildman–Crippen LogP) is 5.23. The van der Waals surface area contributed by atoms with Crippen molar-refractivity contribution in [1.29, 1.82) is 0 Å². The van der Waals surface area contributed by atoms with Crippen LogP contribution in [0.25, 0.3) is 0 Å². The van der Waals surface area contributed by atoms with Crippen LogP contribution in [0.4, 0.5) is 5.69 Å². The number of anilines is 1. The molecule has 0 unspecified atom stereocenters. The number of amides is 1. The van der Waals surface area contributed by atoms with E-state index in [4.69, 9.17) is 9.47 Å². The van der Waals surface area contributed by atoms with E-state index in [-0.39, 0.29) is 5.91 Å². The summed E-state index contributed by atoms with van der Waals surface area (Å²) in [5.41, 5.74) is 3.15. The second-order valence-electron chi connectivity index (χ2n) is 6.28. The SMILES string of the molecule is CCOc1ccc(OCCSCCCC(=O)Nc2c(C)cccc2C)cc1. The average Bonchev–Trinajstić information content (AvgIpc) is 2.65. The molecule has 2 aromatic rings. The van der Waals surface area contributed by atoms with E-state index >= 15 is 0 Å². The third-order valence-corrected chi connectivity index (χ3v) is 5.10.